The molecule has 2 heterocycles. The van der Waals surface area contributed by atoms with E-state index in [1.165, 1.54) is 24.9 Å². The zero-order valence-corrected chi connectivity index (χ0v) is 17.0. The van der Waals surface area contributed by atoms with Crippen LogP contribution in [0.2, 0.25) is 0 Å². The van der Waals surface area contributed by atoms with Crippen LogP contribution in [-0.2, 0) is 21.3 Å². The van der Waals surface area contributed by atoms with Gasteiger partial charge < -0.3 is 9.47 Å². The predicted molar refractivity (Wildman–Crippen MR) is 99.6 cm³/mol. The second kappa shape index (κ2) is 7.93. The van der Waals surface area contributed by atoms with Gasteiger partial charge in [0.25, 0.3) is 0 Å². The number of ether oxygens (including phenoxy) is 2. The normalized spacial score (nSPS) is 19.3. The SMILES string of the molecule is CCOC(=O)C1=C(c2ccc(F)c(F)c2OC)CC(c2cnn(C)c2)(C(F)(F)F)S1. The Morgan fingerprint density at radius 3 is 2.57 bits per heavy atom. The van der Waals surface area contributed by atoms with E-state index >= 15 is 0 Å². The molecule has 3 rings (SSSR count). The van der Waals surface area contributed by atoms with Crippen molar-refractivity contribution in [3.05, 3.63) is 52.2 Å². The van der Waals surface area contributed by atoms with Gasteiger partial charge in [-0.2, -0.15) is 22.7 Å². The number of methoxy groups -OCH3 is 1. The molecule has 1 aromatic carbocycles. The molecule has 0 bridgehead atoms. The van der Waals surface area contributed by atoms with E-state index in [4.69, 9.17) is 9.47 Å². The third kappa shape index (κ3) is 3.55. The van der Waals surface area contributed by atoms with Crippen LogP contribution in [0.15, 0.2) is 29.4 Å². The number of esters is 1. The van der Waals surface area contributed by atoms with E-state index in [2.05, 4.69) is 5.10 Å². The van der Waals surface area contributed by atoms with Crippen molar-refractivity contribution in [3.63, 3.8) is 0 Å². The lowest BCUT2D eigenvalue weighted by Gasteiger charge is -2.30. The van der Waals surface area contributed by atoms with E-state index in [9.17, 15) is 26.7 Å². The molecule has 0 radical (unpaired) electrons. The van der Waals surface area contributed by atoms with Gasteiger partial charge in [-0.05, 0) is 24.6 Å². The van der Waals surface area contributed by atoms with Crippen molar-refractivity contribution in [2.45, 2.75) is 24.3 Å². The molecule has 2 aromatic rings. The summed E-state index contributed by atoms with van der Waals surface area (Å²) in [6, 6.07) is 1.85. The Bertz CT molecular complexity index is 1020. The summed E-state index contributed by atoms with van der Waals surface area (Å²) < 4.78 is 79.5. The highest BCUT2D eigenvalue weighted by atomic mass is 32.2. The van der Waals surface area contributed by atoms with Crippen molar-refractivity contribution in [2.75, 3.05) is 13.7 Å². The molecule has 1 aliphatic rings. The number of nitrogens with zero attached hydrogens (tertiary/aromatic N) is 2. The van der Waals surface area contributed by atoms with Crippen LogP contribution in [0, 0.1) is 11.6 Å². The fourth-order valence-electron chi connectivity index (χ4n) is 3.26. The van der Waals surface area contributed by atoms with Gasteiger partial charge >= 0.3 is 12.1 Å². The van der Waals surface area contributed by atoms with Gasteiger partial charge in [0, 0.05) is 30.8 Å². The molecule has 162 valence electrons. The minimum atomic E-state index is -4.80. The van der Waals surface area contributed by atoms with Crippen LogP contribution in [0.4, 0.5) is 22.0 Å². The fourth-order valence-corrected chi connectivity index (χ4v) is 4.61. The highest BCUT2D eigenvalue weighted by molar-refractivity contribution is 8.05. The predicted octanol–water partition coefficient (Wildman–Crippen LogP) is 4.58. The van der Waals surface area contributed by atoms with Gasteiger partial charge in [0.15, 0.2) is 11.6 Å². The lowest BCUT2D eigenvalue weighted by Crippen LogP contribution is -2.37. The molecular weight excluding hydrogens is 431 g/mol. The molecule has 0 saturated heterocycles. The lowest BCUT2D eigenvalue weighted by atomic mass is 9.88. The summed E-state index contributed by atoms with van der Waals surface area (Å²) in [5.74, 6) is -4.16. The van der Waals surface area contributed by atoms with Crippen LogP contribution >= 0.6 is 11.8 Å². The molecule has 0 spiro atoms. The van der Waals surface area contributed by atoms with Crippen molar-refractivity contribution in [1.29, 1.82) is 0 Å². The van der Waals surface area contributed by atoms with E-state index in [-0.39, 0.29) is 40.0 Å². The third-order valence-corrected chi connectivity index (χ3v) is 6.22. The monoisotopic (exact) mass is 448 g/mol. The molecule has 1 aliphatic heterocycles. The van der Waals surface area contributed by atoms with Crippen LogP contribution in [0.5, 0.6) is 5.75 Å². The van der Waals surface area contributed by atoms with Crippen LogP contribution < -0.4 is 4.74 Å². The largest absolute Gasteiger partial charge is 0.493 e. The first-order valence-corrected chi connectivity index (χ1v) is 9.54. The lowest BCUT2D eigenvalue weighted by molar-refractivity contribution is -0.160. The fraction of sp³-hybridized carbons (Fsp3) is 0.368. The zero-order valence-electron chi connectivity index (χ0n) is 16.1. The van der Waals surface area contributed by atoms with Crippen LogP contribution in [0.1, 0.15) is 24.5 Å². The maximum atomic E-state index is 14.3. The highest BCUT2D eigenvalue weighted by Crippen LogP contribution is 2.63. The molecule has 30 heavy (non-hydrogen) atoms. The molecule has 1 aromatic heterocycles. The number of carbonyl (C=O) groups excluding carboxylic acids is 1. The first-order valence-electron chi connectivity index (χ1n) is 8.73. The minimum absolute atomic E-state index is 0.0724. The first kappa shape index (κ1) is 22.1. The van der Waals surface area contributed by atoms with E-state index in [0.29, 0.717) is 0 Å². The number of hydrogen-bond acceptors (Lipinski definition) is 5. The number of alkyl halides is 3. The van der Waals surface area contributed by atoms with E-state index in [0.717, 1.165) is 25.4 Å². The van der Waals surface area contributed by atoms with Gasteiger partial charge in [-0.15, -0.1) is 0 Å². The molecule has 0 aliphatic carbocycles. The number of carbonyl (C=O) groups is 1. The van der Waals surface area contributed by atoms with E-state index in [1.807, 2.05) is 0 Å². The Kier molecular flexibility index (Phi) is 5.85. The van der Waals surface area contributed by atoms with Crippen molar-refractivity contribution < 1.29 is 36.2 Å². The molecule has 1 atom stereocenters. The molecule has 11 heteroatoms. The number of rotatable bonds is 5. The summed E-state index contributed by atoms with van der Waals surface area (Å²) in [6.07, 6.45) is -3.25. The quantitative estimate of drug-likeness (QED) is 0.495. The first-order chi connectivity index (χ1) is 14.1. The van der Waals surface area contributed by atoms with Crippen LogP contribution in [0.25, 0.3) is 5.57 Å². The molecule has 1 unspecified atom stereocenters. The number of aromatic nitrogens is 2. The van der Waals surface area contributed by atoms with Crippen molar-refractivity contribution >= 4 is 23.3 Å². The van der Waals surface area contributed by atoms with Crippen molar-refractivity contribution in [2.24, 2.45) is 7.05 Å². The topological polar surface area (TPSA) is 53.4 Å². The highest BCUT2D eigenvalue weighted by Gasteiger charge is 2.62. The zero-order chi connectivity index (χ0) is 22.3. The minimum Gasteiger partial charge on any atom is -0.493 e. The summed E-state index contributed by atoms with van der Waals surface area (Å²) in [4.78, 5) is 12.2. The molecule has 0 saturated carbocycles. The van der Waals surface area contributed by atoms with Gasteiger partial charge in [0.2, 0.25) is 5.82 Å². The molecule has 0 fully saturated rings. The van der Waals surface area contributed by atoms with Crippen LogP contribution in [-0.4, -0.2) is 35.6 Å². The summed E-state index contributed by atoms with van der Waals surface area (Å²) in [6.45, 7) is 1.44. The number of halogens is 5. The Labute approximate surface area is 172 Å². The third-order valence-electron chi connectivity index (χ3n) is 4.65. The average Bonchev–Trinajstić information content (AvgIpc) is 3.28. The summed E-state index contributed by atoms with van der Waals surface area (Å²) in [5, 5.41) is 3.82. The number of allylic oxidation sites excluding steroid dienone is 1. The average molecular weight is 448 g/mol. The Hall–Kier alpha value is -2.56. The number of aryl methyl sites for hydroxylation is 1. The second-order valence-electron chi connectivity index (χ2n) is 6.48. The maximum Gasteiger partial charge on any atom is 0.408 e. The number of hydrogen-bond donors (Lipinski definition) is 0. The van der Waals surface area contributed by atoms with Crippen LogP contribution in [0.3, 0.4) is 0 Å². The summed E-state index contributed by atoms with van der Waals surface area (Å²) in [5.41, 5.74) is -0.474. The molecule has 5 nitrogen and oxygen atoms in total. The number of benzene rings is 1. The Morgan fingerprint density at radius 1 is 1.33 bits per heavy atom. The Morgan fingerprint density at radius 2 is 2.03 bits per heavy atom. The summed E-state index contributed by atoms with van der Waals surface area (Å²) >= 11 is 0.267. The van der Waals surface area contributed by atoms with Crippen molar-refractivity contribution in [1.82, 2.24) is 9.78 Å². The van der Waals surface area contributed by atoms with Gasteiger partial charge in [-0.3, -0.25) is 4.68 Å². The van der Waals surface area contributed by atoms with Gasteiger partial charge in [0.05, 0.1) is 24.8 Å². The Balaban J connectivity index is 2.24. The van der Waals surface area contributed by atoms with Crippen molar-refractivity contribution in [3.8, 4) is 5.75 Å². The van der Waals surface area contributed by atoms with E-state index < -0.39 is 40.7 Å². The van der Waals surface area contributed by atoms with E-state index in [1.54, 1.807) is 0 Å². The molecule has 0 amide bonds. The molecular formula is C19H17F5N2O3S. The second-order valence-corrected chi connectivity index (χ2v) is 7.79. The standard InChI is InChI=1S/C19H17F5N2O3S/c1-4-29-17(27)16-12(11-5-6-13(20)14(21)15(11)28-3)7-18(30-16,19(22,23)24)10-8-25-26(2)9-10/h5-6,8-9H,4,7H2,1-3H3. The maximum absolute atomic E-state index is 14.3. The molecule has 0 N–H and O–H groups in total. The summed E-state index contributed by atoms with van der Waals surface area (Å²) in [7, 11) is 2.53. The number of thioether (sulfide) groups is 1. The van der Waals surface area contributed by atoms with Gasteiger partial charge in [-0.1, -0.05) is 11.8 Å². The van der Waals surface area contributed by atoms with Gasteiger partial charge in [0.1, 0.15) is 4.75 Å². The van der Waals surface area contributed by atoms with Gasteiger partial charge in [-0.25, -0.2) is 9.18 Å². The smallest absolute Gasteiger partial charge is 0.408 e.